The lowest BCUT2D eigenvalue weighted by atomic mass is 10.2. The highest BCUT2D eigenvalue weighted by molar-refractivity contribution is 5.80. The van der Waals surface area contributed by atoms with Gasteiger partial charge in [-0.25, -0.2) is 4.98 Å². The summed E-state index contributed by atoms with van der Waals surface area (Å²) in [5.41, 5.74) is 6.33. The van der Waals surface area contributed by atoms with Crippen LogP contribution in [0.15, 0.2) is 18.3 Å². The third-order valence-corrected chi connectivity index (χ3v) is 1.89. The van der Waals surface area contributed by atoms with E-state index in [-0.39, 0.29) is 5.91 Å². The van der Waals surface area contributed by atoms with Crippen molar-refractivity contribution in [2.45, 2.75) is 19.5 Å². The predicted octanol–water partition coefficient (Wildman–Crippen LogP) is 0.0536. The summed E-state index contributed by atoms with van der Waals surface area (Å²) in [6.07, 6.45) is 1.63. The molecule has 0 unspecified atom stereocenters. The number of hydrogen-bond acceptors (Lipinski definition) is 4. The molecule has 1 atom stereocenters. The SMILES string of the molecule is COc1cc(CNC(=O)[C@@H](C)N)ccn1. The summed E-state index contributed by atoms with van der Waals surface area (Å²) in [5.74, 6) is 0.355. The molecule has 0 bridgehead atoms. The fourth-order valence-electron chi connectivity index (χ4n) is 1.02. The van der Waals surface area contributed by atoms with E-state index in [4.69, 9.17) is 10.5 Å². The number of amides is 1. The zero-order valence-electron chi connectivity index (χ0n) is 8.86. The van der Waals surface area contributed by atoms with Crippen molar-refractivity contribution in [3.63, 3.8) is 0 Å². The van der Waals surface area contributed by atoms with E-state index in [1.54, 1.807) is 26.3 Å². The molecule has 0 spiro atoms. The van der Waals surface area contributed by atoms with Gasteiger partial charge in [-0.1, -0.05) is 0 Å². The Hall–Kier alpha value is -1.62. The summed E-state index contributed by atoms with van der Waals surface area (Å²) in [6.45, 7) is 2.07. The predicted molar refractivity (Wildman–Crippen MR) is 56.3 cm³/mol. The number of ether oxygens (including phenoxy) is 1. The maximum atomic E-state index is 11.2. The number of pyridine rings is 1. The van der Waals surface area contributed by atoms with Crippen molar-refractivity contribution in [1.29, 1.82) is 0 Å². The van der Waals surface area contributed by atoms with Crippen molar-refractivity contribution in [3.05, 3.63) is 23.9 Å². The van der Waals surface area contributed by atoms with Gasteiger partial charge < -0.3 is 15.8 Å². The quantitative estimate of drug-likeness (QED) is 0.734. The van der Waals surface area contributed by atoms with Gasteiger partial charge in [-0.3, -0.25) is 4.79 Å². The Bertz CT molecular complexity index is 339. The molecular weight excluding hydrogens is 194 g/mol. The Kier molecular flexibility index (Phi) is 4.05. The summed E-state index contributed by atoms with van der Waals surface area (Å²) in [5, 5.41) is 2.70. The van der Waals surface area contributed by atoms with Crippen LogP contribution in [0.3, 0.4) is 0 Å². The van der Waals surface area contributed by atoms with Gasteiger partial charge in [0, 0.05) is 18.8 Å². The summed E-state index contributed by atoms with van der Waals surface area (Å²) < 4.78 is 4.96. The topological polar surface area (TPSA) is 77.2 Å². The van der Waals surface area contributed by atoms with Crippen molar-refractivity contribution in [1.82, 2.24) is 10.3 Å². The zero-order valence-corrected chi connectivity index (χ0v) is 8.86. The van der Waals surface area contributed by atoms with Gasteiger partial charge in [-0.2, -0.15) is 0 Å². The van der Waals surface area contributed by atoms with Gasteiger partial charge >= 0.3 is 0 Å². The van der Waals surface area contributed by atoms with Crippen LogP contribution in [0.4, 0.5) is 0 Å². The number of rotatable bonds is 4. The lowest BCUT2D eigenvalue weighted by Crippen LogP contribution is -2.37. The first kappa shape index (κ1) is 11.5. The molecule has 1 heterocycles. The summed E-state index contributed by atoms with van der Waals surface area (Å²) in [7, 11) is 1.55. The highest BCUT2D eigenvalue weighted by Crippen LogP contribution is 2.07. The van der Waals surface area contributed by atoms with E-state index in [0.717, 1.165) is 5.56 Å². The Morgan fingerprint density at radius 2 is 2.47 bits per heavy atom. The third kappa shape index (κ3) is 3.55. The van der Waals surface area contributed by atoms with Crippen molar-refractivity contribution >= 4 is 5.91 Å². The molecule has 0 fully saturated rings. The normalized spacial score (nSPS) is 11.9. The highest BCUT2D eigenvalue weighted by Gasteiger charge is 2.06. The Balaban J connectivity index is 2.54. The summed E-state index contributed by atoms with van der Waals surface area (Å²) in [6, 6.07) is 3.08. The molecule has 0 aromatic carbocycles. The molecule has 0 saturated heterocycles. The van der Waals surface area contributed by atoms with Crippen LogP contribution >= 0.6 is 0 Å². The fourth-order valence-corrected chi connectivity index (χ4v) is 1.02. The van der Waals surface area contributed by atoms with Crippen molar-refractivity contribution in [3.8, 4) is 5.88 Å². The minimum absolute atomic E-state index is 0.175. The zero-order chi connectivity index (χ0) is 11.3. The average molecular weight is 209 g/mol. The van der Waals surface area contributed by atoms with Gasteiger partial charge in [0.2, 0.25) is 11.8 Å². The van der Waals surface area contributed by atoms with Gasteiger partial charge in [0.05, 0.1) is 13.2 Å². The molecule has 15 heavy (non-hydrogen) atoms. The molecule has 5 heteroatoms. The third-order valence-electron chi connectivity index (χ3n) is 1.89. The molecule has 0 aliphatic heterocycles. The number of aromatic nitrogens is 1. The molecule has 0 radical (unpaired) electrons. The second kappa shape index (κ2) is 5.31. The first-order valence-corrected chi connectivity index (χ1v) is 4.65. The number of nitrogens with zero attached hydrogens (tertiary/aromatic N) is 1. The van der Waals surface area contributed by atoms with Crippen LogP contribution in [-0.4, -0.2) is 24.0 Å². The number of nitrogens with one attached hydrogen (secondary N) is 1. The molecule has 5 nitrogen and oxygen atoms in total. The van der Waals surface area contributed by atoms with E-state index in [1.165, 1.54) is 0 Å². The Morgan fingerprint density at radius 3 is 3.07 bits per heavy atom. The van der Waals surface area contributed by atoms with Crippen LogP contribution in [0.1, 0.15) is 12.5 Å². The molecule has 82 valence electrons. The van der Waals surface area contributed by atoms with Gasteiger partial charge in [0.1, 0.15) is 0 Å². The van der Waals surface area contributed by atoms with Crippen LogP contribution in [0.25, 0.3) is 0 Å². The molecule has 1 aromatic heterocycles. The largest absolute Gasteiger partial charge is 0.481 e. The van der Waals surface area contributed by atoms with Crippen molar-refractivity contribution in [2.75, 3.05) is 7.11 Å². The maximum Gasteiger partial charge on any atom is 0.236 e. The molecule has 1 rings (SSSR count). The van der Waals surface area contributed by atoms with Gasteiger partial charge in [0.15, 0.2) is 0 Å². The molecule has 0 aliphatic rings. The van der Waals surface area contributed by atoms with E-state index in [1.807, 2.05) is 6.07 Å². The monoisotopic (exact) mass is 209 g/mol. The molecule has 0 aliphatic carbocycles. The number of nitrogens with two attached hydrogens (primary N) is 1. The first-order valence-electron chi connectivity index (χ1n) is 4.65. The number of hydrogen-bond donors (Lipinski definition) is 2. The number of methoxy groups -OCH3 is 1. The standard InChI is InChI=1S/C10H15N3O2/c1-7(11)10(14)13-6-8-3-4-12-9(5-8)15-2/h3-5,7H,6,11H2,1-2H3,(H,13,14)/t7-/m1/s1. The minimum atomic E-state index is -0.492. The summed E-state index contributed by atoms with van der Waals surface area (Å²) in [4.78, 5) is 15.1. The van der Waals surface area contributed by atoms with Crippen LogP contribution in [0.2, 0.25) is 0 Å². The van der Waals surface area contributed by atoms with Crippen LogP contribution < -0.4 is 15.8 Å². The van der Waals surface area contributed by atoms with Crippen LogP contribution in [-0.2, 0) is 11.3 Å². The first-order chi connectivity index (χ1) is 7.13. The smallest absolute Gasteiger partial charge is 0.236 e. The van der Waals surface area contributed by atoms with E-state index in [2.05, 4.69) is 10.3 Å². The molecule has 3 N–H and O–H groups in total. The van der Waals surface area contributed by atoms with Gasteiger partial charge in [-0.15, -0.1) is 0 Å². The van der Waals surface area contributed by atoms with Crippen molar-refractivity contribution < 1.29 is 9.53 Å². The molecule has 1 amide bonds. The number of carbonyl (C=O) groups excluding carboxylic acids is 1. The Labute approximate surface area is 88.6 Å². The van der Waals surface area contributed by atoms with E-state index < -0.39 is 6.04 Å². The average Bonchev–Trinajstić information content (AvgIpc) is 2.26. The molecule has 1 aromatic rings. The summed E-state index contributed by atoms with van der Waals surface area (Å²) >= 11 is 0. The Morgan fingerprint density at radius 1 is 1.73 bits per heavy atom. The maximum absolute atomic E-state index is 11.2. The highest BCUT2D eigenvalue weighted by atomic mass is 16.5. The van der Waals surface area contributed by atoms with Crippen LogP contribution in [0.5, 0.6) is 5.88 Å². The second-order valence-corrected chi connectivity index (χ2v) is 3.21. The van der Waals surface area contributed by atoms with Crippen molar-refractivity contribution in [2.24, 2.45) is 5.73 Å². The van der Waals surface area contributed by atoms with E-state index in [9.17, 15) is 4.79 Å². The van der Waals surface area contributed by atoms with Gasteiger partial charge in [-0.05, 0) is 18.6 Å². The lowest BCUT2D eigenvalue weighted by molar-refractivity contribution is -0.122. The molecular formula is C10H15N3O2. The fraction of sp³-hybridized carbons (Fsp3) is 0.400. The second-order valence-electron chi connectivity index (χ2n) is 3.21. The number of carbonyl (C=O) groups is 1. The lowest BCUT2D eigenvalue weighted by Gasteiger charge is -2.08. The minimum Gasteiger partial charge on any atom is -0.481 e. The molecule has 0 saturated carbocycles. The van der Waals surface area contributed by atoms with Gasteiger partial charge in [0.25, 0.3) is 0 Å². The van der Waals surface area contributed by atoms with Crippen LogP contribution in [0, 0.1) is 0 Å². The van der Waals surface area contributed by atoms with E-state index in [0.29, 0.717) is 12.4 Å². The van der Waals surface area contributed by atoms with E-state index >= 15 is 0 Å².